The molecule has 0 atom stereocenters. The predicted molar refractivity (Wildman–Crippen MR) is 160 cm³/mol. The molecule has 5 rings (SSSR count). The summed E-state index contributed by atoms with van der Waals surface area (Å²) in [6.07, 6.45) is 3.24. The number of carboxylic acid groups (broad SMARTS) is 1. The molecule has 0 radical (unpaired) electrons. The Morgan fingerprint density at radius 3 is 2.56 bits per heavy atom. The van der Waals surface area contributed by atoms with Gasteiger partial charge in [-0.1, -0.05) is 55.8 Å². The van der Waals surface area contributed by atoms with Crippen molar-refractivity contribution in [3.8, 4) is 11.1 Å². The lowest BCUT2D eigenvalue weighted by Crippen LogP contribution is -2.41. The number of aliphatic carboxylic acids is 1. The Kier molecular flexibility index (Phi) is 7.76. The maximum absolute atomic E-state index is 12.0. The molecule has 1 saturated heterocycles. The zero-order valence-corrected chi connectivity index (χ0v) is 24.7. The highest BCUT2D eigenvalue weighted by atomic mass is 35.5. The molecule has 5 nitrogen and oxygen atoms in total. The Balaban J connectivity index is 1.52. The molecule has 2 aromatic carbocycles. The first-order chi connectivity index (χ1) is 18.5. The second-order valence-corrected chi connectivity index (χ2v) is 12.6. The van der Waals surface area contributed by atoms with E-state index < -0.39 is 5.97 Å². The summed E-state index contributed by atoms with van der Waals surface area (Å²) >= 11 is 6.53. The van der Waals surface area contributed by atoms with Crippen LogP contribution in [0.4, 0.5) is 5.69 Å². The average molecular weight is 546 g/mol. The van der Waals surface area contributed by atoms with E-state index in [2.05, 4.69) is 61.8 Å². The molecular weight excluding hydrogens is 506 g/mol. The molecule has 1 N–H and O–H groups in total. The van der Waals surface area contributed by atoms with E-state index in [9.17, 15) is 9.90 Å². The van der Waals surface area contributed by atoms with Gasteiger partial charge in [-0.3, -0.25) is 14.7 Å². The van der Waals surface area contributed by atoms with E-state index in [1.54, 1.807) is 0 Å². The molecule has 0 aliphatic carbocycles. The normalized spacial score (nSPS) is 17.2. The quantitative estimate of drug-likeness (QED) is 0.357. The molecule has 1 fully saturated rings. The third kappa shape index (κ3) is 5.85. The van der Waals surface area contributed by atoms with Crippen LogP contribution in [0.5, 0.6) is 0 Å². The van der Waals surface area contributed by atoms with Crippen LogP contribution in [-0.2, 0) is 30.7 Å². The fourth-order valence-corrected chi connectivity index (χ4v) is 6.81. The molecule has 1 aromatic heterocycles. The molecule has 39 heavy (non-hydrogen) atoms. The number of aromatic nitrogens is 1. The number of halogens is 1. The van der Waals surface area contributed by atoms with Crippen molar-refractivity contribution in [2.75, 3.05) is 24.5 Å². The van der Waals surface area contributed by atoms with Crippen LogP contribution < -0.4 is 4.90 Å². The highest BCUT2D eigenvalue weighted by Crippen LogP contribution is 2.42. The molecule has 6 heteroatoms. The number of fused-ring (bicyclic) bond motifs is 1. The Labute approximate surface area is 237 Å². The van der Waals surface area contributed by atoms with Gasteiger partial charge in [0.1, 0.15) is 0 Å². The second kappa shape index (κ2) is 10.9. The average Bonchev–Trinajstić information content (AvgIpc) is 2.86. The number of pyridine rings is 1. The molecule has 0 bridgehead atoms. The van der Waals surface area contributed by atoms with Crippen molar-refractivity contribution in [3.05, 3.63) is 80.6 Å². The number of aryl methyl sites for hydroxylation is 3. The van der Waals surface area contributed by atoms with Crippen LogP contribution in [0.15, 0.2) is 36.4 Å². The van der Waals surface area contributed by atoms with Crippen LogP contribution in [0.25, 0.3) is 11.1 Å². The fourth-order valence-electron chi connectivity index (χ4n) is 6.53. The molecule has 0 spiro atoms. The van der Waals surface area contributed by atoms with E-state index in [1.165, 1.54) is 28.7 Å². The number of benzene rings is 2. The van der Waals surface area contributed by atoms with Crippen molar-refractivity contribution < 1.29 is 9.90 Å². The zero-order chi connectivity index (χ0) is 27.9. The van der Waals surface area contributed by atoms with Gasteiger partial charge in [-0.25, -0.2) is 0 Å². The van der Waals surface area contributed by atoms with E-state index in [1.807, 2.05) is 19.1 Å². The lowest BCUT2D eigenvalue weighted by molar-refractivity contribution is -0.136. The molecular formula is C33H40ClN3O2. The molecule has 3 aromatic rings. The third-order valence-corrected chi connectivity index (χ3v) is 8.88. The molecule has 0 unspecified atom stereocenters. The van der Waals surface area contributed by atoms with Crippen molar-refractivity contribution in [2.45, 2.75) is 73.4 Å². The highest BCUT2D eigenvalue weighted by Gasteiger charge is 2.31. The number of nitrogens with zero attached hydrogens (tertiary/aromatic N) is 3. The van der Waals surface area contributed by atoms with E-state index in [0.717, 1.165) is 84.4 Å². The summed E-state index contributed by atoms with van der Waals surface area (Å²) in [6.45, 7) is 15.3. The first-order valence-corrected chi connectivity index (χ1v) is 14.5. The Morgan fingerprint density at radius 1 is 1.05 bits per heavy atom. The zero-order valence-electron chi connectivity index (χ0n) is 23.9. The van der Waals surface area contributed by atoms with E-state index >= 15 is 0 Å². The van der Waals surface area contributed by atoms with Gasteiger partial charge in [0.2, 0.25) is 0 Å². The van der Waals surface area contributed by atoms with E-state index in [-0.39, 0.29) is 11.8 Å². The standard InChI is InChI=1S/C33H40ClN3O2/c1-21-8-6-9-29(34)28(21)19-36-15-12-24-16-25(10-11-26(24)18-36)31-23(3)35-22(2)27(17-30(38)39)32(31)37-14-7-13-33(4,5)20-37/h6,8-11,16H,7,12-15,17-20H2,1-5H3,(H,38,39). The molecule has 2 aliphatic heterocycles. The lowest BCUT2D eigenvalue weighted by Gasteiger charge is -2.41. The lowest BCUT2D eigenvalue weighted by atomic mass is 9.82. The smallest absolute Gasteiger partial charge is 0.307 e. The number of rotatable bonds is 6. The van der Waals surface area contributed by atoms with Crippen molar-refractivity contribution >= 4 is 23.3 Å². The summed E-state index contributed by atoms with van der Waals surface area (Å²) in [5.74, 6) is -0.813. The number of carbonyl (C=O) groups is 1. The van der Waals surface area contributed by atoms with Crippen LogP contribution in [0.1, 0.15) is 65.9 Å². The summed E-state index contributed by atoms with van der Waals surface area (Å²) in [5.41, 5.74) is 11.3. The van der Waals surface area contributed by atoms with Crippen molar-refractivity contribution in [1.82, 2.24) is 9.88 Å². The molecule has 3 heterocycles. The minimum absolute atomic E-state index is 0.0141. The Hall–Kier alpha value is -2.89. The number of hydrogen-bond donors (Lipinski definition) is 1. The first kappa shape index (κ1) is 27.7. The van der Waals surface area contributed by atoms with Crippen molar-refractivity contribution in [2.24, 2.45) is 5.41 Å². The fraction of sp³-hybridized carbons (Fsp3) is 0.455. The van der Waals surface area contributed by atoms with Crippen LogP contribution in [0.3, 0.4) is 0 Å². The van der Waals surface area contributed by atoms with Gasteiger partial charge in [-0.05, 0) is 79.3 Å². The Bertz CT molecular complexity index is 1390. The van der Waals surface area contributed by atoms with Crippen LogP contribution in [0, 0.1) is 26.2 Å². The van der Waals surface area contributed by atoms with E-state index in [0.29, 0.717) is 0 Å². The summed E-state index contributed by atoms with van der Waals surface area (Å²) in [5, 5.41) is 10.6. The van der Waals surface area contributed by atoms with Crippen LogP contribution >= 0.6 is 11.6 Å². The topological polar surface area (TPSA) is 56.7 Å². The summed E-state index contributed by atoms with van der Waals surface area (Å²) in [7, 11) is 0. The SMILES string of the molecule is Cc1cccc(Cl)c1CN1CCc2cc(-c3c(C)nc(C)c(CC(=O)O)c3N3CCCC(C)(C)C3)ccc2C1. The van der Waals surface area contributed by atoms with E-state index in [4.69, 9.17) is 16.6 Å². The number of hydrogen-bond acceptors (Lipinski definition) is 4. The molecule has 0 amide bonds. The van der Waals surface area contributed by atoms with Crippen LogP contribution in [0.2, 0.25) is 5.02 Å². The van der Waals surface area contributed by atoms with Crippen molar-refractivity contribution in [1.29, 1.82) is 0 Å². The third-order valence-electron chi connectivity index (χ3n) is 8.52. The highest BCUT2D eigenvalue weighted by molar-refractivity contribution is 6.31. The van der Waals surface area contributed by atoms with Gasteiger partial charge >= 0.3 is 5.97 Å². The second-order valence-electron chi connectivity index (χ2n) is 12.2. The number of carboxylic acids is 1. The van der Waals surface area contributed by atoms with Gasteiger partial charge < -0.3 is 10.0 Å². The van der Waals surface area contributed by atoms with Gasteiger partial charge in [0.15, 0.2) is 0 Å². The van der Waals surface area contributed by atoms with Gasteiger partial charge in [0.05, 0.1) is 12.1 Å². The van der Waals surface area contributed by atoms with Gasteiger partial charge in [-0.15, -0.1) is 0 Å². The predicted octanol–water partition coefficient (Wildman–Crippen LogP) is 7.14. The molecule has 0 saturated carbocycles. The minimum Gasteiger partial charge on any atom is -0.481 e. The minimum atomic E-state index is -0.813. The monoisotopic (exact) mass is 545 g/mol. The Morgan fingerprint density at radius 2 is 1.85 bits per heavy atom. The number of anilines is 1. The number of piperidine rings is 1. The van der Waals surface area contributed by atoms with Gasteiger partial charge in [-0.2, -0.15) is 0 Å². The van der Waals surface area contributed by atoms with Gasteiger partial charge in [0, 0.05) is 60.3 Å². The van der Waals surface area contributed by atoms with Gasteiger partial charge in [0.25, 0.3) is 0 Å². The van der Waals surface area contributed by atoms with Crippen LogP contribution in [-0.4, -0.2) is 40.6 Å². The summed E-state index contributed by atoms with van der Waals surface area (Å²) in [6, 6.07) is 12.9. The maximum atomic E-state index is 12.0. The van der Waals surface area contributed by atoms with Crippen molar-refractivity contribution in [3.63, 3.8) is 0 Å². The summed E-state index contributed by atoms with van der Waals surface area (Å²) in [4.78, 5) is 21.7. The molecule has 2 aliphatic rings. The molecule has 206 valence electrons. The first-order valence-electron chi connectivity index (χ1n) is 14.1. The maximum Gasteiger partial charge on any atom is 0.307 e. The largest absolute Gasteiger partial charge is 0.481 e. The summed E-state index contributed by atoms with van der Waals surface area (Å²) < 4.78 is 0.